The molecule has 7 heteroatoms. The van der Waals surface area contributed by atoms with Crippen molar-refractivity contribution in [1.82, 2.24) is 20.4 Å². The fraction of sp³-hybridized carbons (Fsp3) is 0.632. The summed E-state index contributed by atoms with van der Waals surface area (Å²) in [6, 6.07) is 7.97. The van der Waals surface area contributed by atoms with Crippen molar-refractivity contribution in [2.75, 3.05) is 65.7 Å². The number of nitrogens with one attached hydrogen (secondary N) is 2. The van der Waals surface area contributed by atoms with Gasteiger partial charge in [-0.2, -0.15) is 0 Å². The SMILES string of the molecule is CN=C(NCCCCN1CCN(C)CC1)NCCSc1ccc(Cl)cc1. The lowest BCUT2D eigenvalue weighted by molar-refractivity contribution is 0.152. The number of guanidine groups is 1. The standard InChI is InChI=1S/C19H32ClN5S/c1-21-19(23-10-16-26-18-7-5-17(20)6-8-18)22-9-3-4-11-25-14-12-24(2)13-15-25/h5-8H,3-4,9-16H2,1-2H3,(H2,21,22,23). The molecule has 146 valence electrons. The zero-order valence-electron chi connectivity index (χ0n) is 16.0. The molecule has 0 radical (unpaired) electrons. The number of hydrogen-bond acceptors (Lipinski definition) is 4. The lowest BCUT2D eigenvalue weighted by Crippen LogP contribution is -2.44. The average molecular weight is 398 g/mol. The predicted molar refractivity (Wildman–Crippen MR) is 115 cm³/mol. The number of nitrogens with zero attached hydrogens (tertiary/aromatic N) is 3. The van der Waals surface area contributed by atoms with Crippen molar-refractivity contribution in [3.63, 3.8) is 0 Å². The quantitative estimate of drug-likeness (QED) is 0.290. The molecule has 2 rings (SSSR count). The smallest absolute Gasteiger partial charge is 0.191 e. The van der Waals surface area contributed by atoms with Crippen LogP contribution in [0.2, 0.25) is 5.02 Å². The van der Waals surface area contributed by atoms with Crippen molar-refractivity contribution in [1.29, 1.82) is 0 Å². The zero-order valence-corrected chi connectivity index (χ0v) is 17.6. The summed E-state index contributed by atoms with van der Waals surface area (Å²) in [6.45, 7) is 7.87. The molecule has 0 atom stereocenters. The summed E-state index contributed by atoms with van der Waals surface area (Å²) < 4.78 is 0. The molecule has 1 aromatic rings. The van der Waals surface area contributed by atoms with Gasteiger partial charge in [-0.3, -0.25) is 4.99 Å². The Labute approximate surface area is 167 Å². The van der Waals surface area contributed by atoms with E-state index in [1.807, 2.05) is 30.9 Å². The first-order valence-electron chi connectivity index (χ1n) is 9.41. The first kappa shape index (κ1) is 21.4. The van der Waals surface area contributed by atoms with E-state index in [2.05, 4.69) is 44.6 Å². The molecule has 1 saturated heterocycles. The van der Waals surface area contributed by atoms with Gasteiger partial charge < -0.3 is 20.4 Å². The lowest BCUT2D eigenvalue weighted by atomic mass is 10.2. The highest BCUT2D eigenvalue weighted by Crippen LogP contribution is 2.19. The summed E-state index contributed by atoms with van der Waals surface area (Å²) in [5.41, 5.74) is 0. The minimum absolute atomic E-state index is 0.782. The van der Waals surface area contributed by atoms with Gasteiger partial charge in [-0.25, -0.2) is 0 Å². The molecule has 1 aliphatic heterocycles. The van der Waals surface area contributed by atoms with E-state index in [1.54, 1.807) is 0 Å². The van der Waals surface area contributed by atoms with Crippen LogP contribution < -0.4 is 10.6 Å². The van der Waals surface area contributed by atoms with Gasteiger partial charge >= 0.3 is 0 Å². The maximum Gasteiger partial charge on any atom is 0.191 e. The molecule has 0 amide bonds. The molecule has 0 saturated carbocycles. The fourth-order valence-electron chi connectivity index (χ4n) is 2.83. The van der Waals surface area contributed by atoms with Crippen molar-refractivity contribution in [2.24, 2.45) is 4.99 Å². The van der Waals surface area contributed by atoms with E-state index in [-0.39, 0.29) is 0 Å². The van der Waals surface area contributed by atoms with Crippen molar-refractivity contribution >= 4 is 29.3 Å². The molecule has 1 fully saturated rings. The molecule has 1 heterocycles. The highest BCUT2D eigenvalue weighted by molar-refractivity contribution is 7.99. The molecule has 0 spiro atoms. The summed E-state index contributed by atoms with van der Waals surface area (Å²) >= 11 is 7.72. The van der Waals surface area contributed by atoms with Crippen molar-refractivity contribution in [3.8, 4) is 0 Å². The number of halogens is 1. The summed E-state index contributed by atoms with van der Waals surface area (Å²) in [7, 11) is 4.03. The van der Waals surface area contributed by atoms with Gasteiger partial charge in [0.05, 0.1) is 0 Å². The third kappa shape index (κ3) is 8.62. The fourth-order valence-corrected chi connectivity index (χ4v) is 3.72. The van der Waals surface area contributed by atoms with Crippen LogP contribution in [0.1, 0.15) is 12.8 Å². The van der Waals surface area contributed by atoms with Crippen LogP contribution >= 0.6 is 23.4 Å². The Morgan fingerprint density at radius 2 is 1.77 bits per heavy atom. The highest BCUT2D eigenvalue weighted by atomic mass is 35.5. The van der Waals surface area contributed by atoms with Gasteiger partial charge in [-0.1, -0.05) is 11.6 Å². The van der Waals surface area contributed by atoms with Crippen LogP contribution in [0.25, 0.3) is 0 Å². The molecule has 2 N–H and O–H groups in total. The predicted octanol–water partition coefficient (Wildman–Crippen LogP) is 2.62. The second kappa shape index (κ2) is 12.4. The Morgan fingerprint density at radius 1 is 1.08 bits per heavy atom. The van der Waals surface area contributed by atoms with Gasteiger partial charge in [0.15, 0.2) is 5.96 Å². The van der Waals surface area contributed by atoms with Gasteiger partial charge in [0.1, 0.15) is 0 Å². The first-order chi connectivity index (χ1) is 12.7. The van der Waals surface area contributed by atoms with Gasteiger partial charge in [0.2, 0.25) is 0 Å². The van der Waals surface area contributed by atoms with Crippen LogP contribution in [0.5, 0.6) is 0 Å². The van der Waals surface area contributed by atoms with Gasteiger partial charge in [-0.15, -0.1) is 11.8 Å². The summed E-state index contributed by atoms with van der Waals surface area (Å²) in [6.07, 6.45) is 2.41. The van der Waals surface area contributed by atoms with Gasteiger partial charge in [-0.05, 0) is 50.7 Å². The zero-order chi connectivity index (χ0) is 18.6. The third-order valence-electron chi connectivity index (χ3n) is 4.49. The van der Waals surface area contributed by atoms with Crippen LogP contribution in [0.15, 0.2) is 34.2 Å². The van der Waals surface area contributed by atoms with Crippen molar-refractivity contribution in [3.05, 3.63) is 29.3 Å². The van der Waals surface area contributed by atoms with E-state index in [0.717, 1.165) is 29.8 Å². The van der Waals surface area contributed by atoms with Gasteiger partial charge in [0.25, 0.3) is 0 Å². The van der Waals surface area contributed by atoms with Crippen molar-refractivity contribution < 1.29 is 0 Å². The lowest BCUT2D eigenvalue weighted by Gasteiger charge is -2.32. The molecule has 5 nitrogen and oxygen atoms in total. The monoisotopic (exact) mass is 397 g/mol. The van der Waals surface area contributed by atoms with E-state index in [1.165, 1.54) is 50.5 Å². The van der Waals surface area contributed by atoms with Crippen LogP contribution in [0.3, 0.4) is 0 Å². The maximum atomic E-state index is 5.90. The minimum Gasteiger partial charge on any atom is -0.356 e. The second-order valence-corrected chi connectivity index (χ2v) is 8.18. The third-order valence-corrected chi connectivity index (χ3v) is 5.76. The van der Waals surface area contributed by atoms with Crippen LogP contribution in [0.4, 0.5) is 0 Å². The van der Waals surface area contributed by atoms with Crippen LogP contribution in [0, 0.1) is 0 Å². The summed E-state index contributed by atoms with van der Waals surface area (Å²) in [4.78, 5) is 10.5. The molecule has 26 heavy (non-hydrogen) atoms. The average Bonchev–Trinajstić information content (AvgIpc) is 2.66. The molecule has 0 bridgehead atoms. The number of thioether (sulfide) groups is 1. The largest absolute Gasteiger partial charge is 0.356 e. The molecule has 1 aromatic carbocycles. The second-order valence-electron chi connectivity index (χ2n) is 6.58. The van der Waals surface area contributed by atoms with E-state index < -0.39 is 0 Å². The molecule has 0 aliphatic carbocycles. The van der Waals surface area contributed by atoms with Gasteiger partial charge in [0, 0.05) is 62.0 Å². The first-order valence-corrected chi connectivity index (χ1v) is 10.8. The van der Waals surface area contributed by atoms with Crippen molar-refractivity contribution in [2.45, 2.75) is 17.7 Å². The summed E-state index contributed by atoms with van der Waals surface area (Å²) in [5.74, 6) is 1.88. The number of piperazine rings is 1. The van der Waals surface area contributed by atoms with Crippen LogP contribution in [-0.2, 0) is 0 Å². The number of unbranched alkanes of at least 4 members (excludes halogenated alkanes) is 1. The number of hydrogen-bond donors (Lipinski definition) is 2. The van der Waals surface area contributed by atoms with E-state index in [4.69, 9.17) is 11.6 Å². The molecule has 0 aromatic heterocycles. The van der Waals surface area contributed by atoms with E-state index in [0.29, 0.717) is 0 Å². The van der Waals surface area contributed by atoms with Crippen LogP contribution in [-0.4, -0.2) is 81.4 Å². The minimum atomic E-state index is 0.782. The van der Waals surface area contributed by atoms with E-state index >= 15 is 0 Å². The number of benzene rings is 1. The topological polar surface area (TPSA) is 42.9 Å². The summed E-state index contributed by atoms with van der Waals surface area (Å²) in [5, 5.41) is 7.56. The Morgan fingerprint density at radius 3 is 2.46 bits per heavy atom. The van der Waals surface area contributed by atoms with E-state index in [9.17, 15) is 0 Å². The Balaban J connectivity index is 1.49. The molecule has 0 unspecified atom stereocenters. The number of aliphatic imine (C=N–C) groups is 1. The Hall–Kier alpha value is -0.950. The molecular weight excluding hydrogens is 366 g/mol. The Kier molecular flexibility index (Phi) is 10.2. The highest BCUT2D eigenvalue weighted by Gasteiger charge is 2.12. The number of likely N-dealkylation sites (N-methyl/N-ethyl adjacent to an activating group) is 1. The molecule has 1 aliphatic rings. The Bertz CT molecular complexity index is 529. The maximum absolute atomic E-state index is 5.90. The molecular formula is C19H32ClN5S. The normalized spacial score (nSPS) is 16.7. The number of rotatable bonds is 9.